The van der Waals surface area contributed by atoms with Crippen LogP contribution < -0.4 is 5.73 Å². The topological polar surface area (TPSA) is 54.7 Å². The van der Waals surface area contributed by atoms with Crippen molar-refractivity contribution in [3.05, 3.63) is 31.8 Å². The van der Waals surface area contributed by atoms with E-state index in [4.69, 9.17) is 5.73 Å². The summed E-state index contributed by atoms with van der Waals surface area (Å²) in [6.07, 6.45) is 2.00. The van der Waals surface area contributed by atoms with E-state index in [1.54, 1.807) is 0 Å². The summed E-state index contributed by atoms with van der Waals surface area (Å²) in [5.41, 5.74) is 9.19. The van der Waals surface area contributed by atoms with Crippen LogP contribution in [0.1, 0.15) is 18.9 Å². The molecule has 0 atom stereocenters. The Balaban J connectivity index is 2.56. The molecular weight excluding hydrogens is 393 g/mol. The normalized spacial score (nSPS) is 10.8. The van der Waals surface area contributed by atoms with Crippen LogP contribution in [0.15, 0.2) is 22.7 Å². The number of nitrogens with zero attached hydrogens (tertiary/aromatic N) is 1. The zero-order valence-electron chi connectivity index (χ0n) is 9.43. The molecule has 0 bridgehead atoms. The minimum absolute atomic E-state index is 0.609. The maximum absolute atomic E-state index is 5.90. The standard InChI is InChI=1S/C12H13BrIN3/c1-2-3-8-11(16-17-12(8)15)9-6-7(13)4-5-10(9)14/h4-6H,2-3H2,1H3,(H3,15,16,17). The molecule has 1 heterocycles. The van der Waals surface area contributed by atoms with Gasteiger partial charge in [0.05, 0.1) is 5.69 Å². The molecule has 3 N–H and O–H groups in total. The van der Waals surface area contributed by atoms with Crippen molar-refractivity contribution < 1.29 is 0 Å². The molecule has 0 spiro atoms. The summed E-state index contributed by atoms with van der Waals surface area (Å²) in [5.74, 6) is 0.609. The van der Waals surface area contributed by atoms with Crippen molar-refractivity contribution in [3.8, 4) is 11.3 Å². The van der Waals surface area contributed by atoms with Crippen LogP contribution in [0.4, 0.5) is 5.82 Å². The van der Waals surface area contributed by atoms with Crippen molar-refractivity contribution in [3.63, 3.8) is 0 Å². The van der Waals surface area contributed by atoms with Gasteiger partial charge in [0.15, 0.2) is 0 Å². The molecule has 2 aromatic rings. The molecule has 2 rings (SSSR count). The van der Waals surface area contributed by atoms with Crippen molar-refractivity contribution in [1.82, 2.24) is 10.2 Å². The highest BCUT2D eigenvalue weighted by Gasteiger charge is 2.14. The molecule has 17 heavy (non-hydrogen) atoms. The summed E-state index contributed by atoms with van der Waals surface area (Å²) in [4.78, 5) is 0. The number of nitrogen functional groups attached to an aromatic ring is 1. The Morgan fingerprint density at radius 2 is 2.24 bits per heavy atom. The second-order valence-corrected chi connectivity index (χ2v) is 5.91. The Morgan fingerprint density at radius 3 is 2.94 bits per heavy atom. The molecule has 0 aliphatic rings. The Hall–Kier alpha value is -0.560. The molecule has 1 aromatic heterocycles. The molecule has 5 heteroatoms. The highest BCUT2D eigenvalue weighted by Crippen LogP contribution is 2.32. The predicted molar refractivity (Wildman–Crippen MR) is 82.8 cm³/mol. The fraction of sp³-hybridized carbons (Fsp3) is 0.250. The molecule has 3 nitrogen and oxygen atoms in total. The number of benzene rings is 1. The van der Waals surface area contributed by atoms with Crippen LogP contribution in [-0.4, -0.2) is 10.2 Å². The number of hydrogen-bond acceptors (Lipinski definition) is 2. The van der Waals surface area contributed by atoms with E-state index in [1.165, 1.54) is 3.57 Å². The van der Waals surface area contributed by atoms with E-state index < -0.39 is 0 Å². The molecule has 0 radical (unpaired) electrons. The average Bonchev–Trinajstić information content (AvgIpc) is 2.65. The lowest BCUT2D eigenvalue weighted by atomic mass is 10.0. The van der Waals surface area contributed by atoms with Crippen LogP contribution in [0.25, 0.3) is 11.3 Å². The van der Waals surface area contributed by atoms with Crippen LogP contribution in [0.5, 0.6) is 0 Å². The third-order valence-electron chi connectivity index (χ3n) is 2.60. The number of aromatic nitrogens is 2. The largest absolute Gasteiger partial charge is 0.382 e. The van der Waals surface area contributed by atoms with Gasteiger partial charge in [0.25, 0.3) is 0 Å². The summed E-state index contributed by atoms with van der Waals surface area (Å²) in [5, 5.41) is 7.16. The first-order valence-electron chi connectivity index (χ1n) is 5.41. The zero-order valence-corrected chi connectivity index (χ0v) is 13.2. The van der Waals surface area contributed by atoms with Gasteiger partial charge in [-0.3, -0.25) is 5.10 Å². The first-order valence-corrected chi connectivity index (χ1v) is 7.28. The van der Waals surface area contributed by atoms with Gasteiger partial charge < -0.3 is 5.73 Å². The third kappa shape index (κ3) is 2.65. The quantitative estimate of drug-likeness (QED) is 0.759. The fourth-order valence-corrected chi connectivity index (χ4v) is 2.76. The maximum Gasteiger partial charge on any atom is 0.149 e. The number of aromatic amines is 1. The first kappa shape index (κ1) is 12.9. The maximum atomic E-state index is 5.90. The smallest absolute Gasteiger partial charge is 0.149 e. The van der Waals surface area contributed by atoms with Gasteiger partial charge in [0.1, 0.15) is 5.82 Å². The molecular formula is C12H13BrIN3. The van der Waals surface area contributed by atoms with Gasteiger partial charge >= 0.3 is 0 Å². The molecule has 0 aliphatic heterocycles. The lowest BCUT2D eigenvalue weighted by Gasteiger charge is -2.06. The van der Waals surface area contributed by atoms with E-state index in [0.717, 1.165) is 34.1 Å². The van der Waals surface area contributed by atoms with E-state index in [2.05, 4.69) is 67.8 Å². The van der Waals surface area contributed by atoms with E-state index in [9.17, 15) is 0 Å². The van der Waals surface area contributed by atoms with Crippen LogP contribution in [0.3, 0.4) is 0 Å². The van der Waals surface area contributed by atoms with Gasteiger partial charge in [-0.15, -0.1) is 0 Å². The van der Waals surface area contributed by atoms with Crippen molar-refractivity contribution in [2.75, 3.05) is 5.73 Å². The Bertz CT molecular complexity index is 537. The fourth-order valence-electron chi connectivity index (χ4n) is 1.79. The Kier molecular flexibility index (Phi) is 4.09. The molecule has 0 fully saturated rings. The molecule has 0 aliphatic carbocycles. The highest BCUT2D eigenvalue weighted by molar-refractivity contribution is 14.1. The Morgan fingerprint density at radius 1 is 1.47 bits per heavy atom. The summed E-state index contributed by atoms with van der Waals surface area (Å²) < 4.78 is 2.25. The van der Waals surface area contributed by atoms with Gasteiger partial charge in [-0.2, -0.15) is 5.10 Å². The summed E-state index contributed by atoms with van der Waals surface area (Å²) >= 11 is 5.82. The lowest BCUT2D eigenvalue weighted by molar-refractivity contribution is 0.927. The summed E-state index contributed by atoms with van der Waals surface area (Å²) in [7, 11) is 0. The van der Waals surface area contributed by atoms with Crippen LogP contribution in [0.2, 0.25) is 0 Å². The number of hydrogen-bond donors (Lipinski definition) is 2. The number of anilines is 1. The van der Waals surface area contributed by atoms with Crippen molar-refractivity contribution in [2.45, 2.75) is 19.8 Å². The first-order chi connectivity index (χ1) is 8.13. The lowest BCUT2D eigenvalue weighted by Crippen LogP contribution is -1.93. The Labute approximate surface area is 122 Å². The average molecular weight is 406 g/mol. The van der Waals surface area contributed by atoms with Gasteiger partial charge in [-0.05, 0) is 47.2 Å². The van der Waals surface area contributed by atoms with Gasteiger partial charge in [-0.1, -0.05) is 29.3 Å². The number of H-pyrrole nitrogens is 1. The number of nitrogens with one attached hydrogen (secondary N) is 1. The third-order valence-corrected chi connectivity index (χ3v) is 4.03. The van der Waals surface area contributed by atoms with E-state index >= 15 is 0 Å². The summed E-state index contributed by atoms with van der Waals surface area (Å²) in [6, 6.07) is 6.20. The van der Waals surface area contributed by atoms with Crippen LogP contribution >= 0.6 is 38.5 Å². The minimum atomic E-state index is 0.609. The predicted octanol–water partition coefficient (Wildman–Crippen LogP) is 3.98. The second-order valence-electron chi connectivity index (χ2n) is 3.84. The SMILES string of the molecule is CCCc1c(N)n[nH]c1-c1cc(Br)ccc1I. The van der Waals surface area contributed by atoms with Crippen molar-refractivity contribution in [2.24, 2.45) is 0 Å². The number of nitrogens with two attached hydrogens (primary N) is 1. The van der Waals surface area contributed by atoms with E-state index in [0.29, 0.717) is 5.82 Å². The van der Waals surface area contributed by atoms with E-state index in [-0.39, 0.29) is 0 Å². The zero-order chi connectivity index (χ0) is 12.4. The number of halogens is 2. The highest BCUT2D eigenvalue weighted by atomic mass is 127. The second kappa shape index (κ2) is 5.39. The molecule has 0 amide bonds. The van der Waals surface area contributed by atoms with Gasteiger partial charge in [0.2, 0.25) is 0 Å². The van der Waals surface area contributed by atoms with Gasteiger partial charge in [-0.25, -0.2) is 0 Å². The monoisotopic (exact) mass is 405 g/mol. The number of rotatable bonds is 3. The molecule has 0 saturated carbocycles. The summed E-state index contributed by atoms with van der Waals surface area (Å²) in [6.45, 7) is 2.14. The van der Waals surface area contributed by atoms with Crippen molar-refractivity contribution >= 4 is 44.3 Å². The van der Waals surface area contributed by atoms with E-state index in [1.807, 2.05) is 6.07 Å². The molecule has 90 valence electrons. The molecule has 1 aromatic carbocycles. The van der Waals surface area contributed by atoms with Crippen LogP contribution in [-0.2, 0) is 6.42 Å². The van der Waals surface area contributed by atoms with Gasteiger partial charge in [0, 0.05) is 19.2 Å². The van der Waals surface area contributed by atoms with Crippen LogP contribution in [0, 0.1) is 3.57 Å². The minimum Gasteiger partial charge on any atom is -0.382 e. The molecule has 0 saturated heterocycles. The van der Waals surface area contributed by atoms with Crippen molar-refractivity contribution in [1.29, 1.82) is 0 Å². The molecule has 0 unspecified atom stereocenters.